The Balaban J connectivity index is 2.34. The lowest BCUT2D eigenvalue weighted by molar-refractivity contribution is 0.276. The van der Waals surface area contributed by atoms with Crippen molar-refractivity contribution in [2.45, 2.75) is 27.4 Å². The topological polar surface area (TPSA) is 37.5 Å². The third-order valence-electron chi connectivity index (χ3n) is 3.40. The van der Waals surface area contributed by atoms with Crippen molar-refractivity contribution in [2.24, 2.45) is 0 Å². The van der Waals surface area contributed by atoms with Gasteiger partial charge in [-0.15, -0.1) is 11.3 Å². The van der Waals surface area contributed by atoms with Crippen LogP contribution in [-0.4, -0.2) is 14.5 Å². The first-order chi connectivity index (χ1) is 9.11. The van der Waals surface area contributed by atoms with Crippen LogP contribution < -0.4 is 0 Å². The molecular weight excluding hydrogens is 256 g/mol. The lowest BCUT2D eigenvalue weighted by Crippen LogP contribution is -1.96. The Labute approximate surface area is 116 Å². The second kappa shape index (κ2) is 4.47. The third kappa shape index (κ3) is 1.88. The van der Waals surface area contributed by atoms with Crippen LogP contribution >= 0.6 is 11.3 Å². The molecule has 2 aromatic heterocycles. The van der Waals surface area contributed by atoms with E-state index in [1.807, 2.05) is 0 Å². The molecule has 1 aromatic carbocycles. The summed E-state index contributed by atoms with van der Waals surface area (Å²) in [4.78, 5) is 6.53. The van der Waals surface area contributed by atoms with Gasteiger partial charge in [0.25, 0.3) is 0 Å². The van der Waals surface area contributed by atoms with Crippen LogP contribution in [0.15, 0.2) is 24.4 Å². The van der Waals surface area contributed by atoms with Crippen molar-refractivity contribution in [3.05, 3.63) is 46.1 Å². The van der Waals surface area contributed by atoms with Crippen molar-refractivity contribution >= 4 is 16.3 Å². The minimum atomic E-state index is 0.00918. The van der Waals surface area contributed by atoms with Crippen LogP contribution in [0.1, 0.15) is 21.7 Å². The third-order valence-corrected chi connectivity index (χ3v) is 4.37. The van der Waals surface area contributed by atoms with Crippen LogP contribution in [0, 0.1) is 20.8 Å². The van der Waals surface area contributed by atoms with Crippen molar-refractivity contribution in [1.82, 2.24) is 9.38 Å². The second-order valence-corrected chi connectivity index (χ2v) is 6.03. The smallest absolute Gasteiger partial charge is 0.194 e. The standard InChI is InChI=1S/C15H16N2OS/c1-9-4-5-13(10(2)6-9)14-11(3)19-15-16-7-12(8-18)17(14)15/h4-7,18H,8H2,1-3H3. The Kier molecular flexibility index (Phi) is 2.92. The Morgan fingerprint density at radius 1 is 1.26 bits per heavy atom. The largest absolute Gasteiger partial charge is 0.390 e. The maximum absolute atomic E-state index is 9.46. The van der Waals surface area contributed by atoms with Crippen LogP contribution in [0.25, 0.3) is 16.2 Å². The first-order valence-electron chi connectivity index (χ1n) is 6.26. The summed E-state index contributed by atoms with van der Waals surface area (Å²) in [6.45, 7) is 6.34. The Hall–Kier alpha value is -1.65. The summed E-state index contributed by atoms with van der Waals surface area (Å²) in [5.41, 5.74) is 5.72. The Bertz CT molecular complexity index is 755. The monoisotopic (exact) mass is 272 g/mol. The van der Waals surface area contributed by atoms with E-state index in [0.29, 0.717) is 0 Å². The first kappa shape index (κ1) is 12.4. The molecule has 0 unspecified atom stereocenters. The molecule has 98 valence electrons. The van der Waals surface area contributed by atoms with E-state index in [0.717, 1.165) is 16.3 Å². The fourth-order valence-electron chi connectivity index (χ4n) is 2.52. The van der Waals surface area contributed by atoms with Gasteiger partial charge in [-0.25, -0.2) is 4.98 Å². The lowest BCUT2D eigenvalue weighted by Gasteiger charge is -2.09. The zero-order valence-corrected chi connectivity index (χ0v) is 12.1. The van der Waals surface area contributed by atoms with Gasteiger partial charge in [0.2, 0.25) is 0 Å². The van der Waals surface area contributed by atoms with Crippen molar-refractivity contribution in [3.63, 3.8) is 0 Å². The minimum Gasteiger partial charge on any atom is -0.390 e. The number of fused-ring (bicyclic) bond motifs is 1. The predicted molar refractivity (Wildman–Crippen MR) is 78.6 cm³/mol. The molecule has 1 N–H and O–H groups in total. The van der Waals surface area contributed by atoms with Gasteiger partial charge in [0.05, 0.1) is 24.2 Å². The lowest BCUT2D eigenvalue weighted by atomic mass is 10.0. The average Bonchev–Trinajstić information content (AvgIpc) is 2.88. The van der Waals surface area contributed by atoms with Gasteiger partial charge in [-0.3, -0.25) is 4.40 Å². The van der Waals surface area contributed by atoms with Crippen LogP contribution in [-0.2, 0) is 6.61 Å². The molecule has 0 saturated heterocycles. The number of nitrogens with zero attached hydrogens (tertiary/aromatic N) is 2. The molecule has 0 amide bonds. The molecule has 0 fully saturated rings. The molecule has 0 aliphatic carbocycles. The molecule has 2 heterocycles. The summed E-state index contributed by atoms with van der Waals surface area (Å²) in [5.74, 6) is 0. The molecule has 0 bridgehead atoms. The van der Waals surface area contributed by atoms with Gasteiger partial charge in [0.15, 0.2) is 4.96 Å². The van der Waals surface area contributed by atoms with Gasteiger partial charge < -0.3 is 5.11 Å². The number of aromatic nitrogens is 2. The van der Waals surface area contributed by atoms with E-state index in [1.54, 1.807) is 17.5 Å². The fraction of sp³-hybridized carbons (Fsp3) is 0.267. The maximum Gasteiger partial charge on any atom is 0.194 e. The van der Waals surface area contributed by atoms with E-state index in [4.69, 9.17) is 0 Å². The number of benzene rings is 1. The van der Waals surface area contributed by atoms with Crippen molar-refractivity contribution in [1.29, 1.82) is 0 Å². The van der Waals surface area contributed by atoms with Gasteiger partial charge in [-0.2, -0.15) is 0 Å². The molecule has 4 heteroatoms. The molecule has 3 rings (SSSR count). The number of aliphatic hydroxyl groups is 1. The van der Waals surface area contributed by atoms with E-state index in [2.05, 4.69) is 48.4 Å². The van der Waals surface area contributed by atoms with E-state index in [1.165, 1.54) is 21.6 Å². The normalized spacial score (nSPS) is 11.4. The highest BCUT2D eigenvalue weighted by atomic mass is 32.1. The molecular formula is C15H16N2OS. The molecule has 3 aromatic rings. The van der Waals surface area contributed by atoms with Crippen molar-refractivity contribution in [3.8, 4) is 11.3 Å². The SMILES string of the molecule is Cc1ccc(-c2c(C)sc3ncc(CO)n23)c(C)c1. The Morgan fingerprint density at radius 3 is 2.74 bits per heavy atom. The van der Waals surface area contributed by atoms with Crippen LogP contribution in [0.2, 0.25) is 0 Å². The number of aliphatic hydroxyl groups excluding tert-OH is 1. The van der Waals surface area contributed by atoms with Crippen molar-refractivity contribution in [2.75, 3.05) is 0 Å². The molecule has 0 aliphatic heterocycles. The number of thiazole rings is 1. The van der Waals surface area contributed by atoms with Crippen LogP contribution in [0.5, 0.6) is 0 Å². The first-order valence-corrected chi connectivity index (χ1v) is 7.07. The summed E-state index contributed by atoms with van der Waals surface area (Å²) >= 11 is 1.66. The van der Waals surface area contributed by atoms with Gasteiger partial charge in [0.1, 0.15) is 0 Å². The summed E-state index contributed by atoms with van der Waals surface area (Å²) in [6.07, 6.45) is 1.75. The maximum atomic E-state index is 9.46. The zero-order chi connectivity index (χ0) is 13.6. The predicted octanol–water partition coefficient (Wildman–Crippen LogP) is 3.48. The summed E-state index contributed by atoms with van der Waals surface area (Å²) in [6, 6.07) is 6.47. The summed E-state index contributed by atoms with van der Waals surface area (Å²) in [5, 5.41) is 9.46. The molecule has 0 radical (unpaired) electrons. The molecule has 0 aliphatic rings. The minimum absolute atomic E-state index is 0.00918. The number of aryl methyl sites for hydroxylation is 3. The van der Waals surface area contributed by atoms with Crippen molar-refractivity contribution < 1.29 is 5.11 Å². The van der Waals surface area contributed by atoms with Gasteiger partial charge in [-0.1, -0.05) is 23.8 Å². The fourth-order valence-corrected chi connectivity index (χ4v) is 3.50. The summed E-state index contributed by atoms with van der Waals surface area (Å²) < 4.78 is 2.07. The van der Waals surface area contributed by atoms with Crippen LogP contribution in [0.4, 0.5) is 0 Å². The molecule has 3 nitrogen and oxygen atoms in total. The molecule has 0 spiro atoms. The Morgan fingerprint density at radius 2 is 2.05 bits per heavy atom. The number of imidazole rings is 1. The zero-order valence-electron chi connectivity index (χ0n) is 11.3. The van der Waals surface area contributed by atoms with E-state index in [-0.39, 0.29) is 6.61 Å². The second-order valence-electron chi connectivity index (χ2n) is 4.85. The molecule has 19 heavy (non-hydrogen) atoms. The molecule has 0 saturated carbocycles. The molecule has 0 atom stereocenters. The van der Waals surface area contributed by atoms with Gasteiger partial charge in [-0.05, 0) is 26.3 Å². The van der Waals surface area contributed by atoms with E-state index < -0.39 is 0 Å². The number of hydrogen-bond donors (Lipinski definition) is 1. The van der Waals surface area contributed by atoms with E-state index >= 15 is 0 Å². The van der Waals surface area contributed by atoms with Gasteiger partial charge in [0, 0.05) is 10.4 Å². The van der Waals surface area contributed by atoms with Crippen LogP contribution in [0.3, 0.4) is 0 Å². The highest BCUT2D eigenvalue weighted by Gasteiger charge is 2.16. The number of hydrogen-bond acceptors (Lipinski definition) is 3. The number of rotatable bonds is 2. The highest BCUT2D eigenvalue weighted by molar-refractivity contribution is 7.17. The quantitative estimate of drug-likeness (QED) is 0.775. The van der Waals surface area contributed by atoms with E-state index in [9.17, 15) is 5.11 Å². The average molecular weight is 272 g/mol. The highest BCUT2D eigenvalue weighted by Crippen LogP contribution is 2.34. The summed E-state index contributed by atoms with van der Waals surface area (Å²) in [7, 11) is 0. The van der Waals surface area contributed by atoms with Gasteiger partial charge >= 0.3 is 0 Å².